The first-order chi connectivity index (χ1) is 12.6. The first-order valence-electron chi connectivity index (χ1n) is 8.57. The van der Waals surface area contributed by atoms with E-state index in [-0.39, 0.29) is 11.9 Å². The summed E-state index contributed by atoms with van der Waals surface area (Å²) < 4.78 is 27.4. The molecule has 1 amide bonds. The van der Waals surface area contributed by atoms with Gasteiger partial charge in [-0.25, -0.2) is 19.3 Å². The van der Waals surface area contributed by atoms with Gasteiger partial charge >= 0.3 is 0 Å². The number of amides is 1. The van der Waals surface area contributed by atoms with E-state index in [2.05, 4.69) is 16.4 Å². The van der Waals surface area contributed by atoms with E-state index in [1.54, 1.807) is 17.0 Å². The van der Waals surface area contributed by atoms with Gasteiger partial charge in [0.15, 0.2) is 0 Å². The van der Waals surface area contributed by atoms with E-state index < -0.39 is 10.0 Å². The van der Waals surface area contributed by atoms with Crippen molar-refractivity contribution in [3.05, 3.63) is 42.5 Å². The highest BCUT2D eigenvalue weighted by Gasteiger charge is 2.33. The summed E-state index contributed by atoms with van der Waals surface area (Å²) >= 11 is 0. The number of hydrogen-bond donors (Lipinski definition) is 3. The van der Waals surface area contributed by atoms with E-state index >= 15 is 0 Å². The summed E-state index contributed by atoms with van der Waals surface area (Å²) in [6.07, 6.45) is 0. The molecule has 26 heavy (non-hydrogen) atoms. The Bertz CT molecular complexity index is 919. The number of carbonyl (C=O) groups is 1. The maximum absolute atomic E-state index is 13.0. The van der Waals surface area contributed by atoms with Gasteiger partial charge in [0.2, 0.25) is 15.9 Å². The second kappa shape index (κ2) is 6.93. The summed E-state index contributed by atoms with van der Waals surface area (Å²) in [5, 5.41) is 1.91. The molecular formula is C17H21N5O3S. The maximum Gasteiger partial charge on any atom is 0.243 e. The molecule has 8 nitrogen and oxygen atoms in total. The predicted molar refractivity (Wildman–Crippen MR) is 97.3 cm³/mol. The molecule has 2 heterocycles. The van der Waals surface area contributed by atoms with Gasteiger partial charge in [-0.3, -0.25) is 4.79 Å². The van der Waals surface area contributed by atoms with Gasteiger partial charge < -0.3 is 4.90 Å². The lowest BCUT2D eigenvalue weighted by molar-refractivity contribution is -0.134. The first-order valence-corrected chi connectivity index (χ1v) is 10.0. The van der Waals surface area contributed by atoms with Crippen molar-refractivity contribution in [1.82, 2.24) is 25.6 Å². The number of sulfonamides is 1. The summed E-state index contributed by atoms with van der Waals surface area (Å²) in [5.41, 5.74) is 8.41. The van der Waals surface area contributed by atoms with Crippen molar-refractivity contribution in [2.45, 2.75) is 10.9 Å². The minimum absolute atomic E-state index is 0.0229. The summed E-state index contributed by atoms with van der Waals surface area (Å²) in [5.74, 6) is -0.0229. The van der Waals surface area contributed by atoms with Crippen molar-refractivity contribution in [3.8, 4) is 0 Å². The number of carbonyl (C=O) groups excluding carboxylic acids is 1. The Morgan fingerprint density at radius 3 is 2.42 bits per heavy atom. The third kappa shape index (κ3) is 3.19. The van der Waals surface area contributed by atoms with Crippen LogP contribution >= 0.6 is 0 Å². The molecule has 1 unspecified atom stereocenters. The Labute approximate surface area is 152 Å². The minimum Gasteiger partial charge on any atom is -0.339 e. The number of benzene rings is 2. The number of hydrazine groups is 2. The zero-order chi connectivity index (χ0) is 18.1. The molecule has 9 heteroatoms. The van der Waals surface area contributed by atoms with Gasteiger partial charge in [0.05, 0.1) is 4.90 Å². The van der Waals surface area contributed by atoms with Crippen LogP contribution < -0.4 is 16.4 Å². The fraction of sp³-hybridized carbons (Fsp3) is 0.353. The van der Waals surface area contributed by atoms with Crippen molar-refractivity contribution in [1.29, 1.82) is 0 Å². The normalized spacial score (nSPS) is 22.0. The standard InChI is InChI=1S/C17H21N5O3S/c23-17(16-12-18-20-19-16)21-7-9-22(10-8-21)26(24,25)15-6-5-13-3-1-2-4-14(13)11-15/h1-6,11,16,18-20H,7-10,12H2. The monoisotopic (exact) mass is 375 g/mol. The fourth-order valence-electron chi connectivity index (χ4n) is 3.34. The lowest BCUT2D eigenvalue weighted by Crippen LogP contribution is -2.55. The van der Waals surface area contributed by atoms with Crippen LogP contribution in [0.4, 0.5) is 0 Å². The molecule has 138 valence electrons. The molecular weight excluding hydrogens is 354 g/mol. The second-order valence-corrected chi connectivity index (χ2v) is 8.38. The second-order valence-electron chi connectivity index (χ2n) is 6.44. The molecule has 0 bridgehead atoms. The van der Waals surface area contributed by atoms with Crippen LogP contribution in [0.2, 0.25) is 0 Å². The molecule has 0 aliphatic carbocycles. The molecule has 2 aromatic rings. The first kappa shape index (κ1) is 17.4. The van der Waals surface area contributed by atoms with Crippen molar-refractivity contribution in [3.63, 3.8) is 0 Å². The summed E-state index contributed by atoms with van der Waals surface area (Å²) in [6, 6.07) is 12.5. The zero-order valence-corrected chi connectivity index (χ0v) is 15.0. The van der Waals surface area contributed by atoms with E-state index in [9.17, 15) is 13.2 Å². The van der Waals surface area contributed by atoms with Crippen molar-refractivity contribution in [2.24, 2.45) is 0 Å². The van der Waals surface area contributed by atoms with Gasteiger partial charge in [0.1, 0.15) is 6.04 Å². The van der Waals surface area contributed by atoms with Crippen LogP contribution in [-0.2, 0) is 14.8 Å². The highest BCUT2D eigenvalue weighted by atomic mass is 32.2. The van der Waals surface area contributed by atoms with E-state index in [0.29, 0.717) is 37.6 Å². The van der Waals surface area contributed by atoms with E-state index in [1.165, 1.54) is 4.31 Å². The van der Waals surface area contributed by atoms with Crippen LogP contribution in [0.5, 0.6) is 0 Å². The molecule has 0 saturated carbocycles. The quantitative estimate of drug-likeness (QED) is 0.679. The zero-order valence-electron chi connectivity index (χ0n) is 14.2. The SMILES string of the molecule is O=C(C1CNNN1)N1CCN(S(=O)(=O)c2ccc3ccccc3c2)CC1. The number of nitrogens with zero attached hydrogens (tertiary/aromatic N) is 2. The van der Waals surface area contributed by atoms with Gasteiger partial charge in [0, 0.05) is 32.7 Å². The Morgan fingerprint density at radius 2 is 1.73 bits per heavy atom. The topological polar surface area (TPSA) is 93.8 Å². The van der Waals surface area contributed by atoms with E-state index in [1.807, 2.05) is 30.3 Å². The largest absolute Gasteiger partial charge is 0.339 e. The van der Waals surface area contributed by atoms with Gasteiger partial charge in [-0.2, -0.15) is 9.84 Å². The molecule has 2 aliphatic rings. The summed E-state index contributed by atoms with van der Waals surface area (Å²) in [7, 11) is -3.57. The van der Waals surface area contributed by atoms with Gasteiger partial charge in [-0.1, -0.05) is 30.3 Å². The highest BCUT2D eigenvalue weighted by molar-refractivity contribution is 7.89. The van der Waals surface area contributed by atoms with Crippen molar-refractivity contribution in [2.75, 3.05) is 32.7 Å². The number of fused-ring (bicyclic) bond motifs is 1. The molecule has 0 radical (unpaired) electrons. The van der Waals surface area contributed by atoms with Crippen LogP contribution in [0.1, 0.15) is 0 Å². The smallest absolute Gasteiger partial charge is 0.243 e. The molecule has 0 aromatic heterocycles. The predicted octanol–water partition coefficient (Wildman–Crippen LogP) is -0.346. The third-order valence-corrected chi connectivity index (χ3v) is 6.74. The molecule has 2 aliphatic heterocycles. The molecule has 4 rings (SSSR count). The van der Waals surface area contributed by atoms with Crippen LogP contribution in [0.3, 0.4) is 0 Å². The van der Waals surface area contributed by atoms with Crippen LogP contribution in [-0.4, -0.2) is 62.3 Å². The van der Waals surface area contributed by atoms with Crippen LogP contribution in [0.25, 0.3) is 10.8 Å². The molecule has 1 atom stereocenters. The average molecular weight is 375 g/mol. The average Bonchev–Trinajstić information content (AvgIpc) is 3.22. The van der Waals surface area contributed by atoms with E-state index in [0.717, 1.165) is 10.8 Å². The Hall–Kier alpha value is -2.04. The fourth-order valence-corrected chi connectivity index (χ4v) is 4.80. The lowest BCUT2D eigenvalue weighted by Gasteiger charge is -2.35. The summed E-state index contributed by atoms with van der Waals surface area (Å²) in [6.45, 7) is 1.89. The Kier molecular flexibility index (Phi) is 4.63. The molecule has 2 saturated heterocycles. The third-order valence-electron chi connectivity index (χ3n) is 4.85. The Morgan fingerprint density at radius 1 is 1.00 bits per heavy atom. The lowest BCUT2D eigenvalue weighted by atomic mass is 10.1. The van der Waals surface area contributed by atoms with Crippen LogP contribution in [0, 0.1) is 0 Å². The molecule has 3 N–H and O–H groups in total. The molecule has 2 aromatic carbocycles. The Balaban J connectivity index is 1.47. The number of piperazine rings is 1. The molecule has 2 fully saturated rings. The van der Waals surface area contributed by atoms with Crippen LogP contribution in [0.15, 0.2) is 47.4 Å². The number of nitrogens with one attached hydrogen (secondary N) is 3. The van der Waals surface area contributed by atoms with E-state index in [4.69, 9.17) is 0 Å². The van der Waals surface area contributed by atoms with Crippen molar-refractivity contribution >= 4 is 26.7 Å². The summed E-state index contributed by atoms with van der Waals surface area (Å²) in [4.78, 5) is 14.4. The minimum atomic E-state index is -3.57. The highest BCUT2D eigenvalue weighted by Crippen LogP contribution is 2.23. The number of hydrogen-bond acceptors (Lipinski definition) is 6. The number of rotatable bonds is 3. The van der Waals surface area contributed by atoms with Gasteiger partial charge in [0.25, 0.3) is 0 Å². The van der Waals surface area contributed by atoms with Gasteiger partial charge in [-0.05, 0) is 22.9 Å². The molecule has 0 spiro atoms. The van der Waals surface area contributed by atoms with Gasteiger partial charge in [-0.15, -0.1) is 0 Å². The maximum atomic E-state index is 13.0. The van der Waals surface area contributed by atoms with Crippen molar-refractivity contribution < 1.29 is 13.2 Å².